The lowest BCUT2D eigenvalue weighted by Gasteiger charge is -2.43. The highest BCUT2D eigenvalue weighted by atomic mass is 16.7. The van der Waals surface area contributed by atoms with Gasteiger partial charge >= 0.3 is 5.97 Å². The minimum atomic E-state index is -0.212. The molecule has 0 radical (unpaired) electrons. The number of ether oxygens (including phenoxy) is 3. The molecule has 1 fully saturated rings. The van der Waals surface area contributed by atoms with E-state index in [0.29, 0.717) is 25.7 Å². The van der Waals surface area contributed by atoms with Crippen LogP contribution in [-0.2, 0) is 19.0 Å². The van der Waals surface area contributed by atoms with Crippen LogP contribution in [0, 0.1) is 11.3 Å². The molecule has 114 valence electrons. The summed E-state index contributed by atoms with van der Waals surface area (Å²) < 4.78 is 16.6. The van der Waals surface area contributed by atoms with Gasteiger partial charge in [-0.05, 0) is 25.2 Å². The van der Waals surface area contributed by atoms with Crippen molar-refractivity contribution in [3.05, 3.63) is 11.1 Å². The monoisotopic (exact) mass is 282 g/mol. The third kappa shape index (κ3) is 3.23. The highest BCUT2D eigenvalue weighted by molar-refractivity contribution is 5.65. The predicted octanol–water partition coefficient (Wildman–Crippen LogP) is 3.07. The molecule has 1 heterocycles. The molecule has 4 heteroatoms. The Kier molecular flexibility index (Phi) is 4.86. The molecule has 2 rings (SSSR count). The first-order chi connectivity index (χ1) is 9.43. The molecule has 0 aromatic rings. The SMILES string of the molecule is CC(=O)OCCC1=C(C)CCC(C2OCCO2)C1(C)C. The summed E-state index contributed by atoms with van der Waals surface area (Å²) in [4.78, 5) is 10.9. The summed E-state index contributed by atoms with van der Waals surface area (Å²) in [6, 6.07) is 0. The number of esters is 1. The summed E-state index contributed by atoms with van der Waals surface area (Å²) >= 11 is 0. The van der Waals surface area contributed by atoms with Crippen LogP contribution >= 0.6 is 0 Å². The summed E-state index contributed by atoms with van der Waals surface area (Å²) in [6.07, 6.45) is 2.90. The number of allylic oxidation sites excluding steroid dienone is 1. The van der Waals surface area contributed by atoms with Crippen LogP contribution in [0.4, 0.5) is 0 Å². The van der Waals surface area contributed by atoms with Gasteiger partial charge in [-0.15, -0.1) is 0 Å². The lowest BCUT2D eigenvalue weighted by Crippen LogP contribution is -2.39. The Morgan fingerprint density at radius 2 is 2.00 bits per heavy atom. The summed E-state index contributed by atoms with van der Waals surface area (Å²) in [5, 5.41) is 0. The molecular formula is C16H26O4. The van der Waals surface area contributed by atoms with E-state index < -0.39 is 0 Å². The van der Waals surface area contributed by atoms with Crippen LogP contribution in [0.2, 0.25) is 0 Å². The molecule has 0 N–H and O–H groups in total. The molecule has 4 nitrogen and oxygen atoms in total. The Morgan fingerprint density at radius 3 is 2.60 bits per heavy atom. The molecule has 1 aliphatic heterocycles. The van der Waals surface area contributed by atoms with Crippen molar-refractivity contribution in [1.29, 1.82) is 0 Å². The van der Waals surface area contributed by atoms with Gasteiger partial charge in [0.25, 0.3) is 0 Å². The van der Waals surface area contributed by atoms with Crippen molar-refractivity contribution in [3.63, 3.8) is 0 Å². The third-order valence-corrected chi connectivity index (χ3v) is 4.68. The van der Waals surface area contributed by atoms with Gasteiger partial charge in [0.05, 0.1) is 19.8 Å². The molecule has 1 atom stereocenters. The van der Waals surface area contributed by atoms with Gasteiger partial charge in [0.1, 0.15) is 0 Å². The van der Waals surface area contributed by atoms with Crippen LogP contribution < -0.4 is 0 Å². The summed E-state index contributed by atoms with van der Waals surface area (Å²) in [5.74, 6) is 0.164. The summed E-state index contributed by atoms with van der Waals surface area (Å²) in [5.41, 5.74) is 2.85. The molecule has 0 amide bonds. The molecular weight excluding hydrogens is 256 g/mol. The predicted molar refractivity (Wildman–Crippen MR) is 76.1 cm³/mol. The average Bonchev–Trinajstić information content (AvgIpc) is 2.86. The minimum Gasteiger partial charge on any atom is -0.466 e. The lowest BCUT2D eigenvalue weighted by molar-refractivity contribution is -0.141. The van der Waals surface area contributed by atoms with Crippen molar-refractivity contribution >= 4 is 5.97 Å². The Bertz CT molecular complexity index is 391. The highest BCUT2D eigenvalue weighted by Crippen LogP contribution is 2.48. The topological polar surface area (TPSA) is 44.8 Å². The zero-order valence-electron chi connectivity index (χ0n) is 13.0. The van der Waals surface area contributed by atoms with Gasteiger partial charge in [0.15, 0.2) is 6.29 Å². The molecule has 2 aliphatic rings. The van der Waals surface area contributed by atoms with Crippen molar-refractivity contribution < 1.29 is 19.0 Å². The molecule has 1 aliphatic carbocycles. The largest absolute Gasteiger partial charge is 0.466 e. The minimum absolute atomic E-state index is 0.0253. The van der Waals surface area contributed by atoms with Crippen molar-refractivity contribution in [1.82, 2.24) is 0 Å². The first kappa shape index (κ1) is 15.5. The molecule has 1 saturated heterocycles. The molecule has 0 aromatic heterocycles. The Hall–Kier alpha value is -0.870. The van der Waals surface area contributed by atoms with Crippen molar-refractivity contribution in [3.8, 4) is 0 Å². The maximum absolute atomic E-state index is 10.9. The quantitative estimate of drug-likeness (QED) is 0.587. The van der Waals surface area contributed by atoms with Gasteiger partial charge in [-0.3, -0.25) is 4.79 Å². The fourth-order valence-electron chi connectivity index (χ4n) is 3.58. The molecule has 0 aromatic carbocycles. The first-order valence-electron chi connectivity index (χ1n) is 7.48. The van der Waals surface area contributed by atoms with E-state index in [9.17, 15) is 4.79 Å². The van der Waals surface area contributed by atoms with Gasteiger partial charge in [-0.2, -0.15) is 0 Å². The molecule has 0 bridgehead atoms. The van der Waals surface area contributed by atoms with Crippen LogP contribution in [0.25, 0.3) is 0 Å². The van der Waals surface area contributed by atoms with Gasteiger partial charge < -0.3 is 14.2 Å². The van der Waals surface area contributed by atoms with Crippen LogP contribution in [0.1, 0.15) is 47.0 Å². The fraction of sp³-hybridized carbons (Fsp3) is 0.812. The van der Waals surface area contributed by atoms with E-state index >= 15 is 0 Å². The standard InChI is InChI=1S/C16H26O4/c1-11-5-6-14(15-19-9-10-20-15)16(3,4)13(11)7-8-18-12(2)17/h14-15H,5-10H2,1-4H3. The zero-order chi connectivity index (χ0) is 14.8. The van der Waals surface area contributed by atoms with Crippen LogP contribution in [-0.4, -0.2) is 32.1 Å². The first-order valence-corrected chi connectivity index (χ1v) is 7.48. The maximum Gasteiger partial charge on any atom is 0.302 e. The van der Waals surface area contributed by atoms with Gasteiger partial charge in [-0.25, -0.2) is 0 Å². The lowest BCUT2D eigenvalue weighted by atomic mass is 9.64. The average molecular weight is 282 g/mol. The second kappa shape index (κ2) is 6.27. The number of rotatable bonds is 4. The van der Waals surface area contributed by atoms with Gasteiger partial charge in [0, 0.05) is 19.3 Å². The van der Waals surface area contributed by atoms with E-state index in [4.69, 9.17) is 14.2 Å². The maximum atomic E-state index is 10.9. The second-order valence-corrected chi connectivity index (χ2v) is 6.33. The smallest absolute Gasteiger partial charge is 0.302 e. The fourth-order valence-corrected chi connectivity index (χ4v) is 3.58. The van der Waals surface area contributed by atoms with Crippen molar-refractivity contribution in [2.75, 3.05) is 19.8 Å². The molecule has 0 spiro atoms. The Labute approximate surface area is 121 Å². The van der Waals surface area contributed by atoms with E-state index in [-0.39, 0.29) is 17.7 Å². The third-order valence-electron chi connectivity index (χ3n) is 4.68. The van der Waals surface area contributed by atoms with Crippen LogP contribution in [0.3, 0.4) is 0 Å². The van der Waals surface area contributed by atoms with Crippen LogP contribution in [0.5, 0.6) is 0 Å². The van der Waals surface area contributed by atoms with Crippen LogP contribution in [0.15, 0.2) is 11.1 Å². The molecule has 20 heavy (non-hydrogen) atoms. The Balaban J connectivity index is 2.08. The van der Waals surface area contributed by atoms with Crippen molar-refractivity contribution in [2.24, 2.45) is 11.3 Å². The van der Waals surface area contributed by atoms with Crippen molar-refractivity contribution in [2.45, 2.75) is 53.2 Å². The normalized spacial score (nSPS) is 26.9. The zero-order valence-corrected chi connectivity index (χ0v) is 13.0. The van der Waals surface area contributed by atoms with E-state index in [1.807, 2.05) is 0 Å². The number of hydrogen-bond donors (Lipinski definition) is 0. The molecule has 1 unspecified atom stereocenters. The van der Waals surface area contributed by atoms with E-state index in [2.05, 4.69) is 20.8 Å². The number of hydrogen-bond acceptors (Lipinski definition) is 4. The Morgan fingerprint density at radius 1 is 1.35 bits per heavy atom. The highest BCUT2D eigenvalue weighted by Gasteiger charge is 2.43. The second-order valence-electron chi connectivity index (χ2n) is 6.33. The number of carbonyl (C=O) groups is 1. The van der Waals surface area contributed by atoms with Gasteiger partial charge in [0.2, 0.25) is 0 Å². The van der Waals surface area contributed by atoms with Gasteiger partial charge in [-0.1, -0.05) is 25.0 Å². The summed E-state index contributed by atoms with van der Waals surface area (Å²) in [7, 11) is 0. The van der Waals surface area contributed by atoms with E-state index in [1.54, 1.807) is 0 Å². The van der Waals surface area contributed by atoms with E-state index in [1.165, 1.54) is 18.1 Å². The summed E-state index contributed by atoms with van der Waals surface area (Å²) in [6.45, 7) is 10.0. The molecule has 0 saturated carbocycles. The van der Waals surface area contributed by atoms with E-state index in [0.717, 1.165) is 19.3 Å². The number of carbonyl (C=O) groups excluding carboxylic acids is 1.